The molecule has 1 aromatic heterocycles. The number of halogens is 2. The predicted molar refractivity (Wildman–Crippen MR) is 82.8 cm³/mol. The summed E-state index contributed by atoms with van der Waals surface area (Å²) in [7, 11) is 0. The summed E-state index contributed by atoms with van der Waals surface area (Å²) in [5.74, 6) is 0. The third-order valence-corrected chi connectivity index (χ3v) is 5.88. The molecule has 0 amide bonds. The van der Waals surface area contributed by atoms with E-state index >= 15 is 0 Å². The summed E-state index contributed by atoms with van der Waals surface area (Å²) in [6, 6.07) is 10.6. The first kappa shape index (κ1) is 12.7. The van der Waals surface area contributed by atoms with E-state index in [1.165, 1.54) is 41.7 Å². The van der Waals surface area contributed by atoms with Crippen molar-refractivity contribution in [3.8, 4) is 0 Å². The number of alkyl halides is 1. The van der Waals surface area contributed by atoms with Crippen molar-refractivity contribution in [1.29, 1.82) is 0 Å². The van der Waals surface area contributed by atoms with Gasteiger partial charge in [0.2, 0.25) is 0 Å². The highest BCUT2D eigenvalue weighted by molar-refractivity contribution is 9.10. The van der Waals surface area contributed by atoms with Crippen LogP contribution in [0.25, 0.3) is 0 Å². The van der Waals surface area contributed by atoms with Crippen LogP contribution in [-0.2, 0) is 12.8 Å². The van der Waals surface area contributed by atoms with Crippen molar-refractivity contribution in [3.63, 3.8) is 0 Å². The Morgan fingerprint density at radius 3 is 2.56 bits per heavy atom. The van der Waals surface area contributed by atoms with Gasteiger partial charge in [0.1, 0.15) is 0 Å². The molecule has 0 saturated heterocycles. The SMILES string of the molecule is ClC(c1ccc(Br)cc1)c1cc2c(s1)CCCC2. The minimum Gasteiger partial charge on any atom is -0.143 e. The first-order chi connectivity index (χ1) is 8.74. The first-order valence-electron chi connectivity index (χ1n) is 6.25. The van der Waals surface area contributed by atoms with E-state index in [4.69, 9.17) is 11.6 Å². The van der Waals surface area contributed by atoms with Crippen LogP contribution in [0.15, 0.2) is 34.8 Å². The number of hydrogen-bond acceptors (Lipinski definition) is 1. The molecule has 0 spiro atoms. The Morgan fingerprint density at radius 2 is 1.83 bits per heavy atom. The molecule has 1 heterocycles. The van der Waals surface area contributed by atoms with Crippen LogP contribution in [0.4, 0.5) is 0 Å². The minimum absolute atomic E-state index is 0.00583. The molecule has 1 aliphatic carbocycles. The molecule has 1 atom stereocenters. The van der Waals surface area contributed by atoms with E-state index in [1.807, 2.05) is 11.3 Å². The lowest BCUT2D eigenvalue weighted by atomic mass is 9.99. The molecule has 1 aliphatic rings. The Morgan fingerprint density at radius 1 is 1.11 bits per heavy atom. The average molecular weight is 342 g/mol. The Bertz CT molecular complexity index is 521. The summed E-state index contributed by atoms with van der Waals surface area (Å²) in [6.45, 7) is 0. The van der Waals surface area contributed by atoms with Crippen LogP contribution < -0.4 is 0 Å². The van der Waals surface area contributed by atoms with Gasteiger partial charge in [-0.3, -0.25) is 0 Å². The van der Waals surface area contributed by atoms with Crippen molar-refractivity contribution in [2.75, 3.05) is 0 Å². The summed E-state index contributed by atoms with van der Waals surface area (Å²) in [5.41, 5.74) is 2.71. The lowest BCUT2D eigenvalue weighted by molar-refractivity contribution is 0.697. The smallest absolute Gasteiger partial charge is 0.0927 e. The first-order valence-corrected chi connectivity index (χ1v) is 8.29. The molecule has 2 aromatic rings. The number of hydrogen-bond donors (Lipinski definition) is 0. The quantitative estimate of drug-likeness (QED) is 0.613. The molecule has 0 N–H and O–H groups in total. The summed E-state index contributed by atoms with van der Waals surface area (Å²) < 4.78 is 1.10. The van der Waals surface area contributed by atoms with Crippen molar-refractivity contribution in [3.05, 3.63) is 55.7 Å². The van der Waals surface area contributed by atoms with Gasteiger partial charge in [-0.25, -0.2) is 0 Å². The van der Waals surface area contributed by atoms with Gasteiger partial charge in [-0.05, 0) is 55.0 Å². The molecular weight excluding hydrogens is 328 g/mol. The Labute approximate surface area is 125 Å². The number of rotatable bonds is 2. The maximum absolute atomic E-state index is 6.60. The van der Waals surface area contributed by atoms with E-state index in [-0.39, 0.29) is 5.38 Å². The van der Waals surface area contributed by atoms with Gasteiger partial charge in [0.25, 0.3) is 0 Å². The van der Waals surface area contributed by atoms with E-state index < -0.39 is 0 Å². The molecule has 3 heteroatoms. The third kappa shape index (κ3) is 2.52. The molecule has 0 saturated carbocycles. The number of thiophene rings is 1. The monoisotopic (exact) mass is 340 g/mol. The third-order valence-electron chi connectivity index (χ3n) is 3.43. The van der Waals surface area contributed by atoms with Gasteiger partial charge >= 0.3 is 0 Å². The largest absolute Gasteiger partial charge is 0.143 e. The van der Waals surface area contributed by atoms with Crippen LogP contribution in [0.5, 0.6) is 0 Å². The van der Waals surface area contributed by atoms with Gasteiger partial charge in [-0.1, -0.05) is 28.1 Å². The van der Waals surface area contributed by atoms with Crippen molar-refractivity contribution >= 4 is 38.9 Å². The molecule has 94 valence electrons. The van der Waals surface area contributed by atoms with Crippen LogP contribution in [0.2, 0.25) is 0 Å². The lowest BCUT2D eigenvalue weighted by Gasteiger charge is -2.08. The van der Waals surface area contributed by atoms with E-state index in [0.717, 1.165) is 4.47 Å². The second kappa shape index (κ2) is 5.36. The van der Waals surface area contributed by atoms with Gasteiger partial charge in [-0.15, -0.1) is 22.9 Å². The zero-order chi connectivity index (χ0) is 12.5. The van der Waals surface area contributed by atoms with Gasteiger partial charge in [0.05, 0.1) is 5.38 Å². The molecular formula is C15H14BrClS. The Kier molecular flexibility index (Phi) is 3.78. The normalized spacial score (nSPS) is 16.3. The van der Waals surface area contributed by atoms with Crippen molar-refractivity contribution < 1.29 is 0 Å². The van der Waals surface area contributed by atoms with E-state index in [9.17, 15) is 0 Å². The van der Waals surface area contributed by atoms with E-state index in [2.05, 4.69) is 46.3 Å². The van der Waals surface area contributed by atoms with Crippen LogP contribution >= 0.6 is 38.9 Å². The highest BCUT2D eigenvalue weighted by Crippen LogP contribution is 2.38. The minimum atomic E-state index is -0.00583. The molecule has 0 fully saturated rings. The fraction of sp³-hybridized carbons (Fsp3) is 0.333. The lowest BCUT2D eigenvalue weighted by Crippen LogP contribution is -1.96. The molecule has 1 aromatic carbocycles. The van der Waals surface area contributed by atoms with E-state index in [0.29, 0.717) is 0 Å². The second-order valence-electron chi connectivity index (χ2n) is 4.72. The molecule has 0 aliphatic heterocycles. The van der Waals surface area contributed by atoms with Crippen LogP contribution in [-0.4, -0.2) is 0 Å². The van der Waals surface area contributed by atoms with Gasteiger partial charge in [0, 0.05) is 14.2 Å². The zero-order valence-electron chi connectivity index (χ0n) is 9.96. The number of fused-ring (bicyclic) bond motifs is 1. The average Bonchev–Trinajstić information content (AvgIpc) is 2.82. The van der Waals surface area contributed by atoms with Crippen molar-refractivity contribution in [1.82, 2.24) is 0 Å². The highest BCUT2D eigenvalue weighted by Gasteiger charge is 2.18. The fourth-order valence-electron chi connectivity index (χ4n) is 2.43. The molecule has 0 bridgehead atoms. The van der Waals surface area contributed by atoms with Crippen LogP contribution in [0.1, 0.15) is 39.1 Å². The van der Waals surface area contributed by atoms with Crippen LogP contribution in [0.3, 0.4) is 0 Å². The predicted octanol–water partition coefficient (Wildman–Crippen LogP) is 5.72. The maximum atomic E-state index is 6.60. The van der Waals surface area contributed by atoms with Gasteiger partial charge < -0.3 is 0 Å². The van der Waals surface area contributed by atoms with Gasteiger partial charge in [0.15, 0.2) is 0 Å². The summed E-state index contributed by atoms with van der Waals surface area (Å²) in [6.07, 6.45) is 5.13. The summed E-state index contributed by atoms with van der Waals surface area (Å²) >= 11 is 12.0. The fourth-order valence-corrected chi connectivity index (χ4v) is 4.30. The van der Waals surface area contributed by atoms with Crippen molar-refractivity contribution in [2.45, 2.75) is 31.1 Å². The molecule has 3 rings (SSSR count). The summed E-state index contributed by atoms with van der Waals surface area (Å²) in [5, 5.41) is -0.00583. The van der Waals surface area contributed by atoms with Gasteiger partial charge in [-0.2, -0.15) is 0 Å². The standard InChI is InChI=1S/C15H14BrClS/c16-12-7-5-10(6-8-12)15(17)14-9-11-3-1-2-4-13(11)18-14/h5-9,15H,1-4H2. The second-order valence-corrected chi connectivity index (χ2v) is 7.24. The molecule has 1 unspecified atom stereocenters. The Hall–Kier alpha value is -0.310. The Balaban J connectivity index is 1.89. The topological polar surface area (TPSA) is 0 Å². The van der Waals surface area contributed by atoms with E-state index in [1.54, 1.807) is 4.88 Å². The molecule has 0 nitrogen and oxygen atoms in total. The van der Waals surface area contributed by atoms with Crippen molar-refractivity contribution in [2.24, 2.45) is 0 Å². The summed E-state index contributed by atoms with van der Waals surface area (Å²) in [4.78, 5) is 2.85. The highest BCUT2D eigenvalue weighted by atomic mass is 79.9. The number of benzene rings is 1. The molecule has 0 radical (unpaired) electrons. The number of aryl methyl sites for hydroxylation is 2. The maximum Gasteiger partial charge on any atom is 0.0927 e. The molecule has 18 heavy (non-hydrogen) atoms. The van der Waals surface area contributed by atoms with Crippen LogP contribution in [0, 0.1) is 0 Å². The zero-order valence-corrected chi connectivity index (χ0v) is 13.1.